The smallest absolute Gasteiger partial charge is 0.221 e. The van der Waals surface area contributed by atoms with Crippen molar-refractivity contribution >= 4 is 5.82 Å². The summed E-state index contributed by atoms with van der Waals surface area (Å²) in [7, 11) is 0. The highest BCUT2D eigenvalue weighted by Crippen LogP contribution is 2.22. The molecular formula is C9H16N4O. The molecule has 0 spiro atoms. The normalized spacial score (nSPS) is 9.93. The maximum atomic E-state index is 5.39. The van der Waals surface area contributed by atoms with Crippen molar-refractivity contribution in [1.82, 2.24) is 9.97 Å². The summed E-state index contributed by atoms with van der Waals surface area (Å²) >= 11 is 0. The van der Waals surface area contributed by atoms with Gasteiger partial charge in [-0.3, -0.25) is 0 Å². The van der Waals surface area contributed by atoms with Gasteiger partial charge in [0.05, 0.1) is 12.2 Å². The molecule has 1 rings (SSSR count). The average molecular weight is 196 g/mol. The van der Waals surface area contributed by atoms with Crippen LogP contribution in [0.25, 0.3) is 0 Å². The monoisotopic (exact) mass is 196 g/mol. The number of nitrogen functional groups attached to an aromatic ring is 1. The predicted octanol–water partition coefficient (Wildman–Crippen LogP) is 1.11. The van der Waals surface area contributed by atoms with Gasteiger partial charge in [0.1, 0.15) is 12.1 Å². The summed E-state index contributed by atoms with van der Waals surface area (Å²) in [5.41, 5.74) is 3.49. The molecule has 0 atom stereocenters. The number of nitrogens with zero attached hydrogens (tertiary/aromatic N) is 2. The van der Waals surface area contributed by atoms with Gasteiger partial charge in [0.15, 0.2) is 0 Å². The minimum atomic E-state index is 0.595. The Kier molecular flexibility index (Phi) is 4.12. The summed E-state index contributed by atoms with van der Waals surface area (Å²) in [5.74, 6) is 6.62. The van der Waals surface area contributed by atoms with E-state index in [0.717, 1.165) is 18.4 Å². The summed E-state index contributed by atoms with van der Waals surface area (Å²) in [6.45, 7) is 4.61. The van der Waals surface area contributed by atoms with Crippen LogP contribution in [0.1, 0.15) is 25.8 Å². The molecule has 0 saturated heterocycles. The van der Waals surface area contributed by atoms with Crippen molar-refractivity contribution in [1.29, 1.82) is 0 Å². The third-order valence-electron chi connectivity index (χ3n) is 1.82. The van der Waals surface area contributed by atoms with Crippen LogP contribution in [-0.2, 0) is 6.42 Å². The van der Waals surface area contributed by atoms with Crippen molar-refractivity contribution in [3.8, 4) is 5.88 Å². The first-order chi connectivity index (χ1) is 6.83. The van der Waals surface area contributed by atoms with Gasteiger partial charge in [-0.25, -0.2) is 15.8 Å². The molecule has 0 fully saturated rings. The van der Waals surface area contributed by atoms with Gasteiger partial charge in [-0.05, 0) is 13.3 Å². The second-order valence-electron chi connectivity index (χ2n) is 2.83. The highest BCUT2D eigenvalue weighted by Gasteiger charge is 2.10. The zero-order chi connectivity index (χ0) is 10.4. The van der Waals surface area contributed by atoms with E-state index in [1.165, 1.54) is 6.33 Å². The summed E-state index contributed by atoms with van der Waals surface area (Å²) in [4.78, 5) is 8.10. The maximum absolute atomic E-state index is 5.39. The second-order valence-corrected chi connectivity index (χ2v) is 2.83. The fraction of sp³-hybridized carbons (Fsp3) is 0.556. The van der Waals surface area contributed by atoms with Crippen LogP contribution >= 0.6 is 0 Å². The molecule has 0 aromatic carbocycles. The van der Waals surface area contributed by atoms with Crippen LogP contribution < -0.4 is 16.0 Å². The molecule has 0 aliphatic carbocycles. The molecule has 14 heavy (non-hydrogen) atoms. The first-order valence-electron chi connectivity index (χ1n) is 4.76. The number of rotatable bonds is 5. The first-order valence-corrected chi connectivity index (χ1v) is 4.76. The highest BCUT2D eigenvalue weighted by atomic mass is 16.5. The van der Waals surface area contributed by atoms with Crippen molar-refractivity contribution in [3.63, 3.8) is 0 Å². The third kappa shape index (κ3) is 2.32. The Hall–Kier alpha value is -1.36. The minimum Gasteiger partial charge on any atom is -0.478 e. The van der Waals surface area contributed by atoms with Gasteiger partial charge >= 0.3 is 0 Å². The summed E-state index contributed by atoms with van der Waals surface area (Å²) in [5, 5.41) is 0. The molecule has 1 heterocycles. The van der Waals surface area contributed by atoms with Crippen molar-refractivity contribution in [2.24, 2.45) is 5.84 Å². The van der Waals surface area contributed by atoms with E-state index in [-0.39, 0.29) is 0 Å². The number of ether oxygens (including phenoxy) is 1. The van der Waals surface area contributed by atoms with Crippen molar-refractivity contribution in [2.45, 2.75) is 26.7 Å². The second kappa shape index (κ2) is 5.39. The summed E-state index contributed by atoms with van der Waals surface area (Å²) < 4.78 is 5.39. The molecule has 5 heteroatoms. The molecule has 3 N–H and O–H groups in total. The largest absolute Gasteiger partial charge is 0.478 e. The van der Waals surface area contributed by atoms with E-state index in [1.54, 1.807) is 0 Å². The van der Waals surface area contributed by atoms with E-state index >= 15 is 0 Å². The molecule has 0 bridgehead atoms. The molecule has 0 amide bonds. The molecule has 0 saturated carbocycles. The Morgan fingerprint density at radius 1 is 1.43 bits per heavy atom. The van der Waals surface area contributed by atoms with Crippen LogP contribution in [0.2, 0.25) is 0 Å². The van der Waals surface area contributed by atoms with E-state index in [9.17, 15) is 0 Å². The Bertz CT molecular complexity index is 290. The first kappa shape index (κ1) is 10.7. The van der Waals surface area contributed by atoms with E-state index in [0.29, 0.717) is 18.3 Å². The van der Waals surface area contributed by atoms with Crippen molar-refractivity contribution in [2.75, 3.05) is 12.0 Å². The van der Waals surface area contributed by atoms with Crippen molar-refractivity contribution in [3.05, 3.63) is 11.9 Å². The molecular weight excluding hydrogens is 180 g/mol. The zero-order valence-corrected chi connectivity index (χ0v) is 8.58. The van der Waals surface area contributed by atoms with E-state index < -0.39 is 0 Å². The molecule has 78 valence electrons. The Morgan fingerprint density at radius 2 is 2.21 bits per heavy atom. The van der Waals surface area contributed by atoms with Crippen LogP contribution in [0.3, 0.4) is 0 Å². The summed E-state index contributed by atoms with van der Waals surface area (Å²) in [6, 6.07) is 0. The fourth-order valence-electron chi connectivity index (χ4n) is 1.26. The standard InChI is InChI=1S/C9H16N4O/c1-3-5-7-8(13-10)11-6-12-9(7)14-4-2/h6H,3-5,10H2,1-2H3,(H,11,12,13). The number of hydrogen-bond donors (Lipinski definition) is 2. The number of nitrogens with two attached hydrogens (primary N) is 1. The van der Waals surface area contributed by atoms with Crippen LogP contribution in [-0.4, -0.2) is 16.6 Å². The van der Waals surface area contributed by atoms with Gasteiger partial charge in [0.25, 0.3) is 0 Å². The van der Waals surface area contributed by atoms with E-state index in [4.69, 9.17) is 10.6 Å². The number of nitrogens with one attached hydrogen (secondary N) is 1. The topological polar surface area (TPSA) is 73.1 Å². The van der Waals surface area contributed by atoms with Gasteiger partial charge < -0.3 is 10.2 Å². The molecule has 1 aromatic heterocycles. The molecule has 0 radical (unpaired) electrons. The lowest BCUT2D eigenvalue weighted by atomic mass is 10.2. The Morgan fingerprint density at radius 3 is 2.79 bits per heavy atom. The highest BCUT2D eigenvalue weighted by molar-refractivity contribution is 5.47. The van der Waals surface area contributed by atoms with Crippen LogP contribution in [0.5, 0.6) is 5.88 Å². The Balaban J connectivity index is 3.00. The number of anilines is 1. The van der Waals surface area contributed by atoms with Gasteiger partial charge in [-0.15, -0.1) is 0 Å². The SMILES string of the molecule is CCCc1c(NN)ncnc1OCC. The lowest BCUT2D eigenvalue weighted by molar-refractivity contribution is 0.322. The summed E-state index contributed by atoms with van der Waals surface area (Å²) in [6.07, 6.45) is 3.30. The molecule has 5 nitrogen and oxygen atoms in total. The number of aromatic nitrogens is 2. The van der Waals surface area contributed by atoms with Crippen molar-refractivity contribution < 1.29 is 4.74 Å². The van der Waals surface area contributed by atoms with Crippen LogP contribution in [0.15, 0.2) is 6.33 Å². The minimum absolute atomic E-state index is 0.595. The van der Waals surface area contributed by atoms with E-state index in [2.05, 4.69) is 22.3 Å². The fourth-order valence-corrected chi connectivity index (χ4v) is 1.26. The lowest BCUT2D eigenvalue weighted by Crippen LogP contribution is -2.13. The number of hydrazine groups is 1. The van der Waals surface area contributed by atoms with Gasteiger partial charge in [-0.2, -0.15) is 0 Å². The zero-order valence-electron chi connectivity index (χ0n) is 8.58. The van der Waals surface area contributed by atoms with Crippen LogP contribution in [0, 0.1) is 0 Å². The van der Waals surface area contributed by atoms with E-state index in [1.807, 2.05) is 6.92 Å². The lowest BCUT2D eigenvalue weighted by Gasteiger charge is -2.11. The van der Waals surface area contributed by atoms with Gasteiger partial charge in [-0.1, -0.05) is 13.3 Å². The third-order valence-corrected chi connectivity index (χ3v) is 1.82. The predicted molar refractivity (Wildman–Crippen MR) is 55.0 cm³/mol. The Labute approximate surface area is 83.7 Å². The van der Waals surface area contributed by atoms with Gasteiger partial charge in [0.2, 0.25) is 5.88 Å². The quantitative estimate of drug-likeness (QED) is 0.545. The maximum Gasteiger partial charge on any atom is 0.221 e. The molecule has 0 aliphatic rings. The van der Waals surface area contributed by atoms with Gasteiger partial charge in [0, 0.05) is 0 Å². The molecule has 1 aromatic rings. The van der Waals surface area contributed by atoms with Crippen LogP contribution in [0.4, 0.5) is 5.82 Å². The molecule has 0 aliphatic heterocycles. The average Bonchev–Trinajstić information content (AvgIpc) is 2.21. The molecule has 0 unspecified atom stereocenters. The number of hydrogen-bond acceptors (Lipinski definition) is 5.